The molecule has 0 radical (unpaired) electrons. The Morgan fingerprint density at radius 3 is 2.50 bits per heavy atom. The van der Waals surface area contributed by atoms with Gasteiger partial charge in [0.05, 0.1) is 12.9 Å². The Bertz CT molecular complexity index is 573. The zero-order valence-corrected chi connectivity index (χ0v) is 15.4. The van der Waals surface area contributed by atoms with Crippen molar-refractivity contribution in [2.75, 3.05) is 39.0 Å². The van der Waals surface area contributed by atoms with Gasteiger partial charge in [-0.05, 0) is 31.1 Å². The molecule has 2 saturated heterocycles. The van der Waals surface area contributed by atoms with E-state index < -0.39 is 15.4 Å². The van der Waals surface area contributed by atoms with E-state index in [4.69, 9.17) is 0 Å². The van der Waals surface area contributed by atoms with Gasteiger partial charge in [-0.3, -0.25) is 4.79 Å². The molecule has 0 aromatic carbocycles. The van der Waals surface area contributed by atoms with E-state index >= 15 is 0 Å². The van der Waals surface area contributed by atoms with Crippen molar-refractivity contribution in [1.82, 2.24) is 9.21 Å². The number of piperidine rings is 1. The van der Waals surface area contributed by atoms with Crippen LogP contribution in [0.3, 0.4) is 0 Å². The molecule has 1 saturated carbocycles. The molecule has 0 spiro atoms. The van der Waals surface area contributed by atoms with Gasteiger partial charge in [-0.15, -0.1) is 0 Å². The molecule has 24 heavy (non-hydrogen) atoms. The highest BCUT2D eigenvalue weighted by Gasteiger charge is 2.52. The van der Waals surface area contributed by atoms with E-state index in [1.807, 2.05) is 4.90 Å². The molecular formula is C17H30N2O4S. The Kier molecular flexibility index (Phi) is 5.23. The molecule has 7 heteroatoms. The van der Waals surface area contributed by atoms with Gasteiger partial charge < -0.3 is 10.0 Å². The largest absolute Gasteiger partial charge is 0.396 e. The molecule has 1 aliphatic carbocycles. The number of nitrogens with zero attached hydrogens (tertiary/aromatic N) is 2. The first-order chi connectivity index (χ1) is 11.3. The number of amides is 1. The maximum Gasteiger partial charge on any atom is 0.222 e. The van der Waals surface area contributed by atoms with Gasteiger partial charge in [0.25, 0.3) is 0 Å². The van der Waals surface area contributed by atoms with Gasteiger partial charge in [0, 0.05) is 38.0 Å². The van der Waals surface area contributed by atoms with Gasteiger partial charge >= 0.3 is 0 Å². The summed E-state index contributed by atoms with van der Waals surface area (Å²) in [6, 6.07) is 0. The number of carbonyl (C=O) groups is 1. The normalized spacial score (nSPS) is 32.8. The van der Waals surface area contributed by atoms with E-state index in [2.05, 4.69) is 0 Å². The van der Waals surface area contributed by atoms with Crippen molar-refractivity contribution in [2.24, 2.45) is 17.3 Å². The fraction of sp³-hybridized carbons (Fsp3) is 0.941. The Balaban J connectivity index is 1.65. The third-order valence-electron chi connectivity index (χ3n) is 6.36. The lowest BCUT2D eigenvalue weighted by atomic mass is 9.73. The van der Waals surface area contributed by atoms with Crippen molar-refractivity contribution >= 4 is 15.9 Å². The lowest BCUT2D eigenvalue weighted by Gasteiger charge is -2.43. The fourth-order valence-corrected chi connectivity index (χ4v) is 5.74. The Morgan fingerprint density at radius 2 is 1.88 bits per heavy atom. The number of rotatable bonds is 4. The molecule has 138 valence electrons. The molecule has 6 nitrogen and oxygen atoms in total. The van der Waals surface area contributed by atoms with Gasteiger partial charge in [0.1, 0.15) is 0 Å². The molecule has 0 aromatic heterocycles. The van der Waals surface area contributed by atoms with Gasteiger partial charge in [-0.2, -0.15) is 0 Å². The lowest BCUT2D eigenvalue weighted by molar-refractivity contribution is -0.137. The predicted molar refractivity (Wildman–Crippen MR) is 91.8 cm³/mol. The predicted octanol–water partition coefficient (Wildman–Crippen LogP) is 1.06. The number of fused-ring (bicyclic) bond motifs is 1. The second kappa shape index (κ2) is 6.92. The van der Waals surface area contributed by atoms with Gasteiger partial charge in [-0.1, -0.05) is 19.3 Å². The van der Waals surface area contributed by atoms with Crippen molar-refractivity contribution in [3.05, 3.63) is 0 Å². The minimum absolute atomic E-state index is 0.0586. The fourth-order valence-electron chi connectivity index (χ4n) is 4.79. The van der Waals surface area contributed by atoms with Crippen LogP contribution in [-0.2, 0) is 14.8 Å². The molecule has 1 amide bonds. The molecule has 2 atom stereocenters. The highest BCUT2D eigenvalue weighted by atomic mass is 32.2. The van der Waals surface area contributed by atoms with Gasteiger partial charge in [0.2, 0.25) is 15.9 Å². The average molecular weight is 359 g/mol. The van der Waals surface area contributed by atoms with Crippen LogP contribution >= 0.6 is 0 Å². The average Bonchev–Trinajstić information content (AvgIpc) is 2.95. The SMILES string of the molecule is CS(=O)(=O)N1C[C@@H]2CCN(C(=O)CC3CCCCC3)C[C@]2(CO)C1. The number of carbonyl (C=O) groups excluding carboxylic acids is 1. The topological polar surface area (TPSA) is 77.9 Å². The summed E-state index contributed by atoms with van der Waals surface area (Å²) in [4.78, 5) is 14.6. The molecule has 0 bridgehead atoms. The highest BCUT2D eigenvalue weighted by Crippen LogP contribution is 2.43. The molecule has 0 unspecified atom stereocenters. The number of hydrogen-bond donors (Lipinski definition) is 1. The summed E-state index contributed by atoms with van der Waals surface area (Å²) in [6.45, 7) is 1.93. The van der Waals surface area contributed by atoms with Crippen LogP contribution in [0.2, 0.25) is 0 Å². The minimum atomic E-state index is -3.25. The van der Waals surface area contributed by atoms with Gasteiger partial charge in [0.15, 0.2) is 0 Å². The van der Waals surface area contributed by atoms with Crippen LogP contribution in [0.25, 0.3) is 0 Å². The van der Waals surface area contributed by atoms with Crippen LogP contribution in [0.15, 0.2) is 0 Å². The second-order valence-corrected chi connectivity index (χ2v) is 10.1. The summed E-state index contributed by atoms with van der Waals surface area (Å²) in [5.74, 6) is 0.840. The highest BCUT2D eigenvalue weighted by molar-refractivity contribution is 7.88. The van der Waals surface area contributed by atoms with Crippen LogP contribution in [-0.4, -0.2) is 67.7 Å². The van der Waals surface area contributed by atoms with Crippen LogP contribution in [0, 0.1) is 17.3 Å². The number of hydrogen-bond acceptors (Lipinski definition) is 4. The first-order valence-electron chi connectivity index (χ1n) is 9.18. The van der Waals surface area contributed by atoms with Crippen molar-refractivity contribution < 1.29 is 18.3 Å². The molecule has 2 heterocycles. The maximum absolute atomic E-state index is 12.7. The summed E-state index contributed by atoms with van der Waals surface area (Å²) < 4.78 is 25.2. The summed E-state index contributed by atoms with van der Waals surface area (Å²) in [7, 11) is -3.25. The van der Waals surface area contributed by atoms with Gasteiger partial charge in [-0.25, -0.2) is 12.7 Å². The van der Waals surface area contributed by atoms with E-state index in [9.17, 15) is 18.3 Å². The van der Waals surface area contributed by atoms with Crippen LogP contribution < -0.4 is 0 Å². The molecule has 0 aromatic rings. The zero-order valence-electron chi connectivity index (χ0n) is 14.6. The smallest absolute Gasteiger partial charge is 0.222 e. The second-order valence-electron chi connectivity index (χ2n) is 8.09. The molecular weight excluding hydrogens is 328 g/mol. The first kappa shape index (κ1) is 18.1. The van der Waals surface area contributed by atoms with Crippen LogP contribution in [0.5, 0.6) is 0 Å². The molecule has 3 fully saturated rings. The van der Waals surface area contributed by atoms with Crippen molar-refractivity contribution in [3.8, 4) is 0 Å². The van der Waals surface area contributed by atoms with Crippen molar-refractivity contribution in [1.29, 1.82) is 0 Å². The number of aliphatic hydroxyl groups excluding tert-OH is 1. The van der Waals surface area contributed by atoms with Crippen molar-refractivity contribution in [3.63, 3.8) is 0 Å². The van der Waals surface area contributed by atoms with E-state index in [0.29, 0.717) is 38.5 Å². The minimum Gasteiger partial charge on any atom is -0.396 e. The monoisotopic (exact) mass is 358 g/mol. The number of sulfonamides is 1. The summed E-state index contributed by atoms with van der Waals surface area (Å²) >= 11 is 0. The molecule has 3 aliphatic rings. The maximum atomic E-state index is 12.7. The van der Waals surface area contributed by atoms with Crippen LogP contribution in [0.1, 0.15) is 44.9 Å². The van der Waals surface area contributed by atoms with E-state index in [-0.39, 0.29) is 18.4 Å². The molecule has 1 N–H and O–H groups in total. The summed E-state index contributed by atoms with van der Waals surface area (Å²) in [5.41, 5.74) is -0.483. The quantitative estimate of drug-likeness (QED) is 0.815. The Hall–Kier alpha value is -0.660. The molecule has 3 rings (SSSR count). The van der Waals surface area contributed by atoms with Crippen LogP contribution in [0.4, 0.5) is 0 Å². The molecule has 2 aliphatic heterocycles. The zero-order chi connectivity index (χ0) is 17.4. The summed E-state index contributed by atoms with van der Waals surface area (Å²) in [6.07, 6.45) is 8.65. The Morgan fingerprint density at radius 1 is 1.17 bits per heavy atom. The number of likely N-dealkylation sites (tertiary alicyclic amines) is 1. The first-order valence-corrected chi connectivity index (χ1v) is 11.0. The van der Waals surface area contributed by atoms with Crippen molar-refractivity contribution in [2.45, 2.75) is 44.9 Å². The third-order valence-corrected chi connectivity index (χ3v) is 7.58. The van der Waals surface area contributed by atoms with E-state index in [1.165, 1.54) is 29.8 Å². The van der Waals surface area contributed by atoms with E-state index in [1.54, 1.807) is 0 Å². The summed E-state index contributed by atoms with van der Waals surface area (Å²) in [5, 5.41) is 10.00. The van der Waals surface area contributed by atoms with E-state index in [0.717, 1.165) is 19.3 Å². The lowest BCUT2D eigenvalue weighted by Crippen LogP contribution is -2.53. The standard InChI is InChI=1S/C17H30N2O4S/c1-24(22,23)19-10-15-7-8-18(11-17(15,12-19)13-20)16(21)9-14-5-3-2-4-6-14/h14-15,20H,2-13H2,1H3/t15-,17+/m0/s1. The number of aliphatic hydroxyl groups is 1. The third kappa shape index (κ3) is 3.63. The Labute approximate surface area is 145 Å².